The Hall–Kier alpha value is -0.640. The van der Waals surface area contributed by atoms with Crippen molar-refractivity contribution in [2.45, 2.75) is 45.1 Å². The number of hydrogen-bond donors (Lipinski definition) is 1. The molecule has 1 N–H and O–H groups in total. The Bertz CT molecular complexity index is 540. The zero-order valence-corrected chi connectivity index (χ0v) is 13.2. The van der Waals surface area contributed by atoms with Crippen molar-refractivity contribution in [2.75, 3.05) is 6.54 Å². The molecule has 3 rings (SSSR count). The van der Waals surface area contributed by atoms with Crippen LogP contribution >= 0.6 is 22.7 Å². The maximum atomic E-state index is 3.74. The van der Waals surface area contributed by atoms with Crippen molar-refractivity contribution in [3.05, 3.63) is 43.8 Å². The zero-order valence-electron chi connectivity index (χ0n) is 11.6. The number of aryl methyl sites for hydroxylation is 2. The number of hydrogen-bond acceptors (Lipinski definition) is 3. The molecule has 102 valence electrons. The summed E-state index contributed by atoms with van der Waals surface area (Å²) in [4.78, 5) is 3.08. The van der Waals surface area contributed by atoms with Crippen LogP contribution in [0.5, 0.6) is 0 Å². The van der Waals surface area contributed by atoms with Gasteiger partial charge in [0.15, 0.2) is 0 Å². The second kappa shape index (κ2) is 5.78. The van der Waals surface area contributed by atoms with Gasteiger partial charge >= 0.3 is 0 Å². The molecule has 1 aliphatic carbocycles. The molecule has 0 saturated heterocycles. The Morgan fingerprint density at radius 2 is 2.16 bits per heavy atom. The molecule has 0 spiro atoms. The van der Waals surface area contributed by atoms with Gasteiger partial charge in [-0.2, -0.15) is 0 Å². The van der Waals surface area contributed by atoms with Gasteiger partial charge in [0.25, 0.3) is 0 Å². The molecule has 2 aromatic rings. The third-order valence-electron chi connectivity index (χ3n) is 4.16. The van der Waals surface area contributed by atoms with Crippen LogP contribution in [0.15, 0.2) is 22.9 Å². The molecule has 19 heavy (non-hydrogen) atoms. The minimum Gasteiger partial charge on any atom is -0.310 e. The van der Waals surface area contributed by atoms with Gasteiger partial charge in [0.1, 0.15) is 0 Å². The van der Waals surface area contributed by atoms with Crippen molar-refractivity contribution >= 4 is 22.7 Å². The molecule has 2 heterocycles. The molecule has 3 heteroatoms. The Morgan fingerprint density at radius 1 is 1.32 bits per heavy atom. The fraction of sp³-hybridized carbons (Fsp3) is 0.500. The van der Waals surface area contributed by atoms with Crippen LogP contribution in [0, 0.1) is 6.92 Å². The van der Waals surface area contributed by atoms with Crippen LogP contribution in [-0.2, 0) is 6.42 Å². The number of rotatable bonds is 4. The van der Waals surface area contributed by atoms with Gasteiger partial charge in [-0.25, -0.2) is 0 Å². The fourth-order valence-electron chi connectivity index (χ4n) is 3.27. The topological polar surface area (TPSA) is 12.0 Å². The summed E-state index contributed by atoms with van der Waals surface area (Å²) in [6.45, 7) is 5.50. The quantitative estimate of drug-likeness (QED) is 0.846. The molecule has 0 radical (unpaired) electrons. The van der Waals surface area contributed by atoms with E-state index in [1.165, 1.54) is 29.7 Å². The molecule has 0 aromatic carbocycles. The summed E-state index contributed by atoms with van der Waals surface area (Å²) in [5.74, 6) is 0.656. The van der Waals surface area contributed by atoms with Crippen molar-refractivity contribution in [3.8, 4) is 0 Å². The van der Waals surface area contributed by atoms with E-state index in [2.05, 4.69) is 42.1 Å². The number of thiophene rings is 2. The molecule has 0 bridgehead atoms. The molecular weight excluding hydrogens is 270 g/mol. The molecule has 0 aliphatic heterocycles. The normalized spacial score (nSPS) is 20.2. The van der Waals surface area contributed by atoms with Crippen molar-refractivity contribution < 1.29 is 0 Å². The molecule has 2 atom stereocenters. The monoisotopic (exact) mass is 291 g/mol. The van der Waals surface area contributed by atoms with E-state index in [0.717, 1.165) is 6.54 Å². The Kier molecular flexibility index (Phi) is 4.06. The molecule has 2 aromatic heterocycles. The van der Waals surface area contributed by atoms with Gasteiger partial charge in [0.2, 0.25) is 0 Å². The largest absolute Gasteiger partial charge is 0.310 e. The summed E-state index contributed by atoms with van der Waals surface area (Å²) in [7, 11) is 0. The summed E-state index contributed by atoms with van der Waals surface area (Å²) in [6.07, 6.45) is 3.94. The lowest BCUT2D eigenvalue weighted by Gasteiger charge is -2.31. The maximum Gasteiger partial charge on any atom is 0.0400 e. The highest BCUT2D eigenvalue weighted by Crippen LogP contribution is 2.43. The van der Waals surface area contributed by atoms with Crippen molar-refractivity contribution in [3.63, 3.8) is 0 Å². The predicted octanol–water partition coefficient (Wildman–Crippen LogP) is 4.89. The smallest absolute Gasteiger partial charge is 0.0400 e. The lowest BCUT2D eigenvalue weighted by molar-refractivity contribution is 0.411. The van der Waals surface area contributed by atoms with Gasteiger partial charge in [0, 0.05) is 21.7 Å². The van der Waals surface area contributed by atoms with E-state index in [9.17, 15) is 0 Å². The first kappa shape index (κ1) is 13.3. The third-order valence-corrected chi connectivity index (χ3v) is 6.02. The first-order chi connectivity index (χ1) is 9.31. The van der Waals surface area contributed by atoms with Crippen LogP contribution in [0.1, 0.15) is 52.6 Å². The Morgan fingerprint density at radius 3 is 2.89 bits per heavy atom. The molecule has 1 aliphatic rings. The first-order valence-electron chi connectivity index (χ1n) is 7.15. The number of nitrogens with one attached hydrogen (secondary N) is 1. The van der Waals surface area contributed by atoms with Crippen LogP contribution < -0.4 is 5.32 Å². The summed E-state index contributed by atoms with van der Waals surface area (Å²) in [6, 6.07) is 5.16. The van der Waals surface area contributed by atoms with Gasteiger partial charge in [0.05, 0.1) is 0 Å². The standard InChI is InChI=1S/C16H21NS2/c1-3-17-16(12-7-9-18-11(12)2)14-5-4-6-15-13(14)8-10-19-15/h7-10,14,16-17H,3-6H2,1-2H3. The Labute approximate surface area is 123 Å². The summed E-state index contributed by atoms with van der Waals surface area (Å²) in [5, 5.41) is 8.24. The zero-order chi connectivity index (χ0) is 13.2. The highest BCUT2D eigenvalue weighted by Gasteiger charge is 2.30. The number of likely N-dealkylation sites (N-methyl/N-ethyl adjacent to an activating group) is 1. The molecule has 0 saturated carbocycles. The van der Waals surface area contributed by atoms with Gasteiger partial charge in [-0.15, -0.1) is 22.7 Å². The van der Waals surface area contributed by atoms with E-state index in [0.29, 0.717) is 12.0 Å². The van der Waals surface area contributed by atoms with Gasteiger partial charge in [-0.05, 0) is 66.8 Å². The van der Waals surface area contributed by atoms with E-state index < -0.39 is 0 Å². The lowest BCUT2D eigenvalue weighted by Crippen LogP contribution is -2.28. The lowest BCUT2D eigenvalue weighted by atomic mass is 9.80. The molecule has 1 nitrogen and oxygen atoms in total. The Balaban J connectivity index is 1.96. The predicted molar refractivity (Wildman–Crippen MR) is 85.5 cm³/mol. The van der Waals surface area contributed by atoms with Gasteiger partial charge in [-0.3, -0.25) is 0 Å². The second-order valence-electron chi connectivity index (χ2n) is 5.27. The molecular formula is C16H21NS2. The van der Waals surface area contributed by atoms with E-state index in [1.54, 1.807) is 10.4 Å². The average molecular weight is 291 g/mol. The minimum atomic E-state index is 0.491. The van der Waals surface area contributed by atoms with Crippen LogP contribution in [-0.4, -0.2) is 6.54 Å². The number of fused-ring (bicyclic) bond motifs is 1. The van der Waals surface area contributed by atoms with E-state index in [-0.39, 0.29) is 0 Å². The van der Waals surface area contributed by atoms with Crippen LogP contribution in [0.4, 0.5) is 0 Å². The van der Waals surface area contributed by atoms with Crippen molar-refractivity contribution in [1.29, 1.82) is 0 Å². The van der Waals surface area contributed by atoms with Gasteiger partial charge < -0.3 is 5.32 Å². The van der Waals surface area contributed by atoms with E-state index in [1.807, 2.05) is 22.7 Å². The van der Waals surface area contributed by atoms with E-state index in [4.69, 9.17) is 0 Å². The first-order valence-corrected chi connectivity index (χ1v) is 8.90. The average Bonchev–Trinajstić information content (AvgIpc) is 3.04. The second-order valence-corrected chi connectivity index (χ2v) is 7.39. The van der Waals surface area contributed by atoms with Crippen molar-refractivity contribution in [2.24, 2.45) is 0 Å². The van der Waals surface area contributed by atoms with Crippen LogP contribution in [0.25, 0.3) is 0 Å². The minimum absolute atomic E-state index is 0.491. The maximum absolute atomic E-state index is 3.74. The fourth-order valence-corrected chi connectivity index (χ4v) is 5.02. The van der Waals surface area contributed by atoms with E-state index >= 15 is 0 Å². The molecule has 0 amide bonds. The SMILES string of the molecule is CCNC(c1ccsc1C)C1CCCc2sccc21. The van der Waals surface area contributed by atoms with Crippen LogP contribution in [0.2, 0.25) is 0 Å². The van der Waals surface area contributed by atoms with Crippen LogP contribution in [0.3, 0.4) is 0 Å². The third kappa shape index (κ3) is 2.51. The molecule has 2 unspecified atom stereocenters. The summed E-state index contributed by atoms with van der Waals surface area (Å²) < 4.78 is 0. The highest BCUT2D eigenvalue weighted by atomic mass is 32.1. The summed E-state index contributed by atoms with van der Waals surface area (Å²) in [5.41, 5.74) is 3.11. The van der Waals surface area contributed by atoms with Gasteiger partial charge in [-0.1, -0.05) is 6.92 Å². The highest BCUT2D eigenvalue weighted by molar-refractivity contribution is 7.10. The molecule has 0 fully saturated rings. The van der Waals surface area contributed by atoms with Crippen molar-refractivity contribution in [1.82, 2.24) is 5.32 Å². The summed E-state index contributed by atoms with van der Waals surface area (Å²) >= 11 is 3.81.